The summed E-state index contributed by atoms with van der Waals surface area (Å²) >= 11 is 0. The maximum Gasteiger partial charge on any atom is 0.253 e. The van der Waals surface area contributed by atoms with Crippen LogP contribution >= 0.6 is 0 Å². The molecule has 0 N–H and O–H groups in total. The van der Waals surface area contributed by atoms with Crippen LogP contribution in [0.5, 0.6) is 0 Å². The molecule has 1 saturated heterocycles. The van der Waals surface area contributed by atoms with E-state index in [9.17, 15) is 9.18 Å². The van der Waals surface area contributed by atoms with Crippen molar-refractivity contribution in [3.63, 3.8) is 0 Å². The minimum absolute atomic E-state index is 0.0545. The quantitative estimate of drug-likeness (QED) is 0.704. The van der Waals surface area contributed by atoms with Crippen LogP contribution in [0.2, 0.25) is 0 Å². The molecular formula is C19H19FN6O. The predicted octanol–water partition coefficient (Wildman–Crippen LogP) is 2.15. The average Bonchev–Trinajstić information content (AvgIpc) is 2.71. The Morgan fingerprint density at radius 3 is 2.44 bits per heavy atom. The topological polar surface area (TPSA) is 76.8 Å². The molecular weight excluding hydrogens is 347 g/mol. The van der Waals surface area contributed by atoms with Gasteiger partial charge in [0, 0.05) is 43.7 Å². The highest BCUT2D eigenvalue weighted by atomic mass is 19.1. The molecule has 8 heteroatoms. The Labute approximate surface area is 155 Å². The summed E-state index contributed by atoms with van der Waals surface area (Å²) in [7, 11) is 0. The Hall–Kier alpha value is -3.16. The van der Waals surface area contributed by atoms with E-state index in [4.69, 9.17) is 0 Å². The van der Waals surface area contributed by atoms with E-state index < -0.39 is 5.82 Å². The smallest absolute Gasteiger partial charge is 0.253 e. The summed E-state index contributed by atoms with van der Waals surface area (Å²) in [6.07, 6.45) is 9.18. The van der Waals surface area contributed by atoms with Gasteiger partial charge < -0.3 is 4.90 Å². The number of pyridine rings is 1. The Bertz CT molecular complexity index is 952. The van der Waals surface area contributed by atoms with Crippen molar-refractivity contribution in [2.45, 2.75) is 19.4 Å². The van der Waals surface area contributed by atoms with E-state index in [1.54, 1.807) is 29.4 Å². The Morgan fingerprint density at radius 1 is 1.07 bits per heavy atom. The fraction of sp³-hybridized carbons (Fsp3) is 0.316. The Balaban J connectivity index is 1.39. The Kier molecular flexibility index (Phi) is 4.86. The van der Waals surface area contributed by atoms with Gasteiger partial charge in [-0.3, -0.25) is 14.3 Å². The van der Waals surface area contributed by atoms with Crippen LogP contribution in [0.3, 0.4) is 0 Å². The highest BCUT2D eigenvalue weighted by Gasteiger charge is 2.21. The zero-order valence-corrected chi connectivity index (χ0v) is 14.7. The van der Waals surface area contributed by atoms with Crippen molar-refractivity contribution < 1.29 is 4.39 Å². The SMILES string of the molecule is O=c1cc(-c2ccncc2)ncn1CC1CCN(c2ncc(F)cn2)CC1. The molecule has 3 aromatic rings. The second-order valence-corrected chi connectivity index (χ2v) is 6.63. The number of hydrogen-bond donors (Lipinski definition) is 0. The van der Waals surface area contributed by atoms with E-state index in [0.717, 1.165) is 31.5 Å². The van der Waals surface area contributed by atoms with Crippen LogP contribution in [0, 0.1) is 11.7 Å². The van der Waals surface area contributed by atoms with Gasteiger partial charge in [0.25, 0.3) is 5.56 Å². The number of piperidine rings is 1. The minimum atomic E-state index is -0.435. The molecule has 138 valence electrons. The lowest BCUT2D eigenvalue weighted by atomic mass is 9.97. The molecule has 0 radical (unpaired) electrons. The number of nitrogens with zero attached hydrogens (tertiary/aromatic N) is 6. The first-order valence-corrected chi connectivity index (χ1v) is 8.88. The van der Waals surface area contributed by atoms with Crippen molar-refractivity contribution in [3.8, 4) is 11.3 Å². The van der Waals surface area contributed by atoms with Gasteiger partial charge in [0.1, 0.15) is 0 Å². The van der Waals surface area contributed by atoms with E-state index in [0.29, 0.717) is 24.1 Å². The van der Waals surface area contributed by atoms with Crippen LogP contribution in [-0.4, -0.2) is 37.6 Å². The molecule has 1 aliphatic heterocycles. The van der Waals surface area contributed by atoms with Gasteiger partial charge in [-0.15, -0.1) is 0 Å². The van der Waals surface area contributed by atoms with Gasteiger partial charge in [0.05, 0.1) is 24.4 Å². The summed E-state index contributed by atoms with van der Waals surface area (Å²) in [5, 5.41) is 0. The number of rotatable bonds is 4. The van der Waals surface area contributed by atoms with Gasteiger partial charge in [-0.05, 0) is 30.9 Å². The van der Waals surface area contributed by atoms with E-state index in [1.165, 1.54) is 12.4 Å². The molecule has 1 aliphatic rings. The number of hydrogen-bond acceptors (Lipinski definition) is 6. The summed E-state index contributed by atoms with van der Waals surface area (Å²) < 4.78 is 14.6. The second-order valence-electron chi connectivity index (χ2n) is 6.63. The van der Waals surface area contributed by atoms with Crippen molar-refractivity contribution in [2.24, 2.45) is 5.92 Å². The van der Waals surface area contributed by atoms with Gasteiger partial charge >= 0.3 is 0 Å². The predicted molar refractivity (Wildman–Crippen MR) is 98.7 cm³/mol. The first kappa shape index (κ1) is 17.3. The fourth-order valence-electron chi connectivity index (χ4n) is 3.31. The van der Waals surface area contributed by atoms with E-state index >= 15 is 0 Å². The lowest BCUT2D eigenvalue weighted by Gasteiger charge is -2.32. The molecule has 0 aliphatic carbocycles. The molecule has 4 rings (SSSR count). The highest BCUT2D eigenvalue weighted by Crippen LogP contribution is 2.21. The third-order valence-corrected chi connectivity index (χ3v) is 4.81. The van der Waals surface area contributed by atoms with Crippen molar-refractivity contribution in [2.75, 3.05) is 18.0 Å². The third-order valence-electron chi connectivity index (χ3n) is 4.81. The van der Waals surface area contributed by atoms with Gasteiger partial charge in [0.15, 0.2) is 5.82 Å². The highest BCUT2D eigenvalue weighted by molar-refractivity contribution is 5.57. The number of halogens is 1. The standard InChI is InChI=1S/C19H19FN6O/c20-16-10-22-19(23-11-16)25-7-3-14(4-8-25)12-26-13-24-17(9-18(26)27)15-1-5-21-6-2-15/h1-2,5-6,9-11,13-14H,3-4,7-8,12H2. The molecule has 7 nitrogen and oxygen atoms in total. The number of anilines is 1. The van der Waals surface area contributed by atoms with Crippen molar-refractivity contribution in [3.05, 3.63) is 65.5 Å². The van der Waals surface area contributed by atoms with E-state index in [1.807, 2.05) is 17.0 Å². The van der Waals surface area contributed by atoms with Crippen LogP contribution in [0.15, 0.2) is 54.1 Å². The summed E-state index contributed by atoms with van der Waals surface area (Å²) in [6, 6.07) is 5.23. The van der Waals surface area contributed by atoms with Crippen molar-refractivity contribution >= 4 is 5.95 Å². The molecule has 0 atom stereocenters. The van der Waals surface area contributed by atoms with Crippen LogP contribution in [0.4, 0.5) is 10.3 Å². The Morgan fingerprint density at radius 2 is 1.78 bits per heavy atom. The summed E-state index contributed by atoms with van der Waals surface area (Å²) in [6.45, 7) is 2.21. The monoisotopic (exact) mass is 366 g/mol. The lowest BCUT2D eigenvalue weighted by Crippen LogP contribution is -2.37. The fourth-order valence-corrected chi connectivity index (χ4v) is 3.31. The van der Waals surface area contributed by atoms with Crippen molar-refractivity contribution in [1.29, 1.82) is 0 Å². The summed E-state index contributed by atoms with van der Waals surface area (Å²) in [4.78, 5) is 31.0. The molecule has 0 saturated carbocycles. The molecule has 0 spiro atoms. The first-order chi connectivity index (χ1) is 13.2. The van der Waals surface area contributed by atoms with Gasteiger partial charge in [-0.25, -0.2) is 19.3 Å². The molecule has 27 heavy (non-hydrogen) atoms. The third kappa shape index (κ3) is 3.99. The number of aromatic nitrogens is 5. The van der Waals surface area contributed by atoms with E-state index in [-0.39, 0.29) is 5.56 Å². The van der Waals surface area contributed by atoms with Crippen LogP contribution in [0.1, 0.15) is 12.8 Å². The molecule has 0 amide bonds. The summed E-state index contributed by atoms with van der Waals surface area (Å²) in [5.41, 5.74) is 1.48. The second kappa shape index (κ2) is 7.61. The van der Waals surface area contributed by atoms with Gasteiger partial charge in [0.2, 0.25) is 5.95 Å². The summed E-state index contributed by atoms with van der Waals surface area (Å²) in [5.74, 6) is 0.499. The maximum absolute atomic E-state index is 12.9. The van der Waals surface area contributed by atoms with Gasteiger partial charge in [-0.2, -0.15) is 0 Å². The molecule has 0 aromatic carbocycles. The molecule has 4 heterocycles. The molecule has 0 unspecified atom stereocenters. The van der Waals surface area contributed by atoms with E-state index in [2.05, 4.69) is 19.9 Å². The van der Waals surface area contributed by atoms with Gasteiger partial charge in [-0.1, -0.05) is 0 Å². The van der Waals surface area contributed by atoms with Crippen LogP contribution in [0.25, 0.3) is 11.3 Å². The molecule has 3 aromatic heterocycles. The maximum atomic E-state index is 12.9. The zero-order valence-electron chi connectivity index (χ0n) is 14.7. The van der Waals surface area contributed by atoms with Crippen molar-refractivity contribution in [1.82, 2.24) is 24.5 Å². The molecule has 0 bridgehead atoms. The minimum Gasteiger partial charge on any atom is -0.341 e. The first-order valence-electron chi connectivity index (χ1n) is 8.88. The molecule has 1 fully saturated rings. The van der Waals surface area contributed by atoms with Crippen LogP contribution in [-0.2, 0) is 6.54 Å². The van der Waals surface area contributed by atoms with Crippen LogP contribution < -0.4 is 10.5 Å². The average molecular weight is 366 g/mol. The lowest BCUT2D eigenvalue weighted by molar-refractivity contribution is 0.349. The zero-order chi connectivity index (χ0) is 18.6. The largest absolute Gasteiger partial charge is 0.341 e. The normalized spacial score (nSPS) is 15.1.